The maximum atomic E-state index is 14.6. The molecule has 0 unspecified atom stereocenters. The van der Waals surface area contributed by atoms with Gasteiger partial charge in [0.2, 0.25) is 11.8 Å². The zero-order chi connectivity index (χ0) is 36.1. The number of sulfonamides is 1. The molecule has 13 heteroatoms. The molecule has 0 saturated heterocycles. The van der Waals surface area contributed by atoms with Crippen molar-refractivity contribution in [1.82, 2.24) is 10.2 Å². The zero-order valence-corrected chi connectivity index (χ0v) is 29.6. The molecule has 49 heavy (non-hydrogen) atoms. The van der Waals surface area contributed by atoms with E-state index in [0.717, 1.165) is 17.7 Å². The number of halogens is 5. The van der Waals surface area contributed by atoms with E-state index < -0.39 is 51.7 Å². The highest BCUT2D eigenvalue weighted by Gasteiger charge is 2.37. The quantitative estimate of drug-likeness (QED) is 0.169. The Morgan fingerprint density at radius 3 is 2.10 bits per heavy atom. The molecule has 4 aromatic rings. The van der Waals surface area contributed by atoms with Gasteiger partial charge >= 0.3 is 6.18 Å². The van der Waals surface area contributed by atoms with Crippen LogP contribution in [0.2, 0.25) is 10.0 Å². The lowest BCUT2D eigenvalue weighted by atomic mass is 10.0. The Balaban J connectivity index is 1.88. The number of alkyl halides is 3. The van der Waals surface area contributed by atoms with E-state index in [4.69, 9.17) is 23.2 Å². The maximum Gasteiger partial charge on any atom is 0.416 e. The predicted octanol–water partition coefficient (Wildman–Crippen LogP) is 8.07. The second-order valence-electron chi connectivity index (χ2n) is 12.6. The Bertz CT molecular complexity index is 1900. The molecule has 0 aliphatic carbocycles. The summed E-state index contributed by atoms with van der Waals surface area (Å²) in [6.45, 7) is 5.89. The lowest BCUT2D eigenvalue weighted by Crippen LogP contribution is -2.56. The first-order valence-corrected chi connectivity index (χ1v) is 17.4. The molecule has 4 rings (SSSR count). The van der Waals surface area contributed by atoms with E-state index in [2.05, 4.69) is 5.32 Å². The third-order valence-electron chi connectivity index (χ3n) is 7.47. The van der Waals surface area contributed by atoms with Gasteiger partial charge in [0.15, 0.2) is 0 Å². The van der Waals surface area contributed by atoms with Crippen LogP contribution in [-0.2, 0) is 38.8 Å². The number of benzene rings is 4. The van der Waals surface area contributed by atoms with Crippen molar-refractivity contribution >= 4 is 50.7 Å². The number of nitrogens with zero attached hydrogens (tertiary/aromatic N) is 2. The molecule has 0 aliphatic heterocycles. The van der Waals surface area contributed by atoms with Crippen LogP contribution in [-0.4, -0.2) is 43.3 Å². The minimum atomic E-state index is -4.79. The van der Waals surface area contributed by atoms with E-state index >= 15 is 0 Å². The summed E-state index contributed by atoms with van der Waals surface area (Å²) in [7, 11) is -4.61. The maximum absolute atomic E-state index is 14.6. The number of amides is 2. The number of anilines is 1. The van der Waals surface area contributed by atoms with Crippen molar-refractivity contribution in [3.05, 3.63) is 129 Å². The van der Waals surface area contributed by atoms with Gasteiger partial charge < -0.3 is 10.2 Å². The minimum Gasteiger partial charge on any atom is -0.350 e. The molecule has 2 amide bonds. The van der Waals surface area contributed by atoms with Gasteiger partial charge in [-0.15, -0.1) is 0 Å². The summed E-state index contributed by atoms with van der Waals surface area (Å²) in [6, 6.07) is 21.8. The summed E-state index contributed by atoms with van der Waals surface area (Å²) in [6.07, 6.45) is -4.75. The Hall–Kier alpha value is -4.06. The predicted molar refractivity (Wildman–Crippen MR) is 186 cm³/mol. The monoisotopic (exact) mass is 733 g/mol. The first-order chi connectivity index (χ1) is 22.8. The SMILES string of the molecule is Cc1ccc(S(=O)(=O)N(CC(=O)N(Cc2ccc(Cl)cc2Cl)[C@@H](Cc2ccccc2)C(=O)NC(C)(C)C)c2cccc(C(F)(F)F)c2)cc1. The largest absolute Gasteiger partial charge is 0.416 e. The van der Waals surface area contributed by atoms with Gasteiger partial charge in [-0.1, -0.05) is 83.4 Å². The molecule has 0 bridgehead atoms. The van der Waals surface area contributed by atoms with Gasteiger partial charge in [0.1, 0.15) is 12.6 Å². The van der Waals surface area contributed by atoms with E-state index in [9.17, 15) is 31.2 Å². The van der Waals surface area contributed by atoms with Gasteiger partial charge in [0.25, 0.3) is 10.0 Å². The molecule has 1 N–H and O–H groups in total. The molecular weight excluding hydrogens is 698 g/mol. The van der Waals surface area contributed by atoms with Gasteiger partial charge in [-0.3, -0.25) is 13.9 Å². The van der Waals surface area contributed by atoms with Crippen molar-refractivity contribution < 1.29 is 31.2 Å². The Labute approximate surface area is 294 Å². The summed E-state index contributed by atoms with van der Waals surface area (Å²) < 4.78 is 70.4. The molecule has 4 aromatic carbocycles. The van der Waals surface area contributed by atoms with Crippen LogP contribution in [0.15, 0.2) is 102 Å². The van der Waals surface area contributed by atoms with Crippen molar-refractivity contribution in [3.8, 4) is 0 Å². The van der Waals surface area contributed by atoms with Gasteiger partial charge in [-0.2, -0.15) is 13.2 Å². The Morgan fingerprint density at radius 1 is 0.857 bits per heavy atom. The van der Waals surface area contributed by atoms with Crippen molar-refractivity contribution in [2.45, 2.75) is 63.3 Å². The normalized spacial score (nSPS) is 12.7. The van der Waals surface area contributed by atoms with E-state index in [-0.39, 0.29) is 28.6 Å². The fourth-order valence-corrected chi connectivity index (χ4v) is 6.92. The molecule has 0 radical (unpaired) electrons. The number of hydrogen-bond donors (Lipinski definition) is 1. The van der Waals surface area contributed by atoms with Crippen LogP contribution in [0.25, 0.3) is 0 Å². The van der Waals surface area contributed by atoms with Gasteiger partial charge in [-0.25, -0.2) is 8.42 Å². The standard InChI is InChI=1S/C36H36Cl2F3N3O4S/c1-24-13-17-30(18-14-24)49(47,48)44(29-12-8-11-27(20-29)36(39,40)41)23-33(45)43(22-26-15-16-28(37)21-31(26)38)32(34(46)42-35(2,3)4)19-25-9-6-5-7-10-25/h5-18,20-21,32H,19,22-23H2,1-4H3,(H,42,46)/t32-/m0/s1. The molecule has 260 valence electrons. The zero-order valence-electron chi connectivity index (χ0n) is 27.3. The number of aryl methyl sites for hydroxylation is 1. The van der Waals surface area contributed by atoms with E-state index in [1.54, 1.807) is 82.3 Å². The van der Waals surface area contributed by atoms with Crippen LogP contribution in [0.4, 0.5) is 18.9 Å². The molecular formula is C36H36Cl2F3N3O4S. The molecule has 1 atom stereocenters. The molecule has 0 heterocycles. The summed E-state index contributed by atoms with van der Waals surface area (Å²) >= 11 is 12.6. The van der Waals surface area contributed by atoms with E-state index in [1.807, 2.05) is 0 Å². The highest BCUT2D eigenvalue weighted by atomic mass is 35.5. The van der Waals surface area contributed by atoms with Gasteiger partial charge in [0.05, 0.1) is 16.1 Å². The number of nitrogens with one attached hydrogen (secondary N) is 1. The highest BCUT2D eigenvalue weighted by Crippen LogP contribution is 2.34. The highest BCUT2D eigenvalue weighted by molar-refractivity contribution is 7.92. The number of rotatable bonds is 11. The van der Waals surface area contributed by atoms with E-state index in [0.29, 0.717) is 26.5 Å². The fourth-order valence-electron chi connectivity index (χ4n) is 5.04. The molecule has 0 spiro atoms. The molecule has 0 fully saturated rings. The van der Waals surface area contributed by atoms with Crippen LogP contribution in [0, 0.1) is 6.92 Å². The Kier molecular flexibility index (Phi) is 11.7. The average molecular weight is 735 g/mol. The molecule has 0 aromatic heterocycles. The number of carbonyl (C=O) groups is 2. The van der Waals surface area contributed by atoms with Crippen molar-refractivity contribution in [3.63, 3.8) is 0 Å². The topological polar surface area (TPSA) is 86.8 Å². The summed E-state index contributed by atoms with van der Waals surface area (Å²) in [5.41, 5.74) is -0.325. The van der Waals surface area contributed by atoms with Crippen LogP contribution < -0.4 is 9.62 Å². The third-order valence-corrected chi connectivity index (χ3v) is 9.85. The van der Waals surface area contributed by atoms with Crippen LogP contribution in [0.1, 0.15) is 43.0 Å². The van der Waals surface area contributed by atoms with E-state index in [1.165, 1.54) is 29.2 Å². The summed E-state index contributed by atoms with van der Waals surface area (Å²) in [5, 5.41) is 3.44. The first-order valence-electron chi connectivity index (χ1n) is 15.2. The van der Waals surface area contributed by atoms with Crippen molar-refractivity contribution in [2.24, 2.45) is 0 Å². The lowest BCUT2D eigenvalue weighted by Gasteiger charge is -2.35. The average Bonchev–Trinajstić information content (AvgIpc) is 3.01. The van der Waals surface area contributed by atoms with Crippen molar-refractivity contribution in [2.75, 3.05) is 10.8 Å². The smallest absolute Gasteiger partial charge is 0.350 e. The second-order valence-corrected chi connectivity index (χ2v) is 15.3. The molecule has 0 saturated carbocycles. The minimum absolute atomic E-state index is 0.0357. The van der Waals surface area contributed by atoms with Crippen LogP contribution in [0.3, 0.4) is 0 Å². The van der Waals surface area contributed by atoms with Crippen LogP contribution in [0.5, 0.6) is 0 Å². The molecule has 7 nitrogen and oxygen atoms in total. The molecule has 0 aliphatic rings. The van der Waals surface area contributed by atoms with Gasteiger partial charge in [-0.05, 0) is 81.3 Å². The summed E-state index contributed by atoms with van der Waals surface area (Å²) in [4.78, 5) is 29.5. The van der Waals surface area contributed by atoms with Crippen molar-refractivity contribution in [1.29, 1.82) is 0 Å². The number of hydrogen-bond acceptors (Lipinski definition) is 4. The number of carbonyl (C=O) groups excluding carboxylic acids is 2. The van der Waals surface area contributed by atoms with Gasteiger partial charge in [0, 0.05) is 28.5 Å². The lowest BCUT2D eigenvalue weighted by molar-refractivity contribution is -0.140. The first kappa shape index (κ1) is 37.8. The summed E-state index contributed by atoms with van der Waals surface area (Å²) in [5.74, 6) is -1.38. The Morgan fingerprint density at radius 2 is 1.51 bits per heavy atom. The van der Waals surface area contributed by atoms with Crippen LogP contribution >= 0.6 is 23.2 Å². The third kappa shape index (κ3) is 9.99. The fraction of sp³-hybridized carbons (Fsp3) is 0.278. The second kappa shape index (κ2) is 15.2.